The van der Waals surface area contributed by atoms with E-state index in [1.54, 1.807) is 0 Å². The SMILES string of the molecule is CCN(Cc1cncn1C(C)C)C1CC2CCC(C1)N2. The molecule has 2 unspecified atom stereocenters. The molecule has 1 aromatic rings. The number of imidazole rings is 1. The zero-order valence-electron chi connectivity index (χ0n) is 13.0. The number of fused-ring (bicyclic) bond motifs is 2. The second kappa shape index (κ2) is 5.86. The van der Waals surface area contributed by atoms with Crippen LogP contribution in [0.25, 0.3) is 0 Å². The Morgan fingerprint density at radius 2 is 2.05 bits per heavy atom. The van der Waals surface area contributed by atoms with Crippen molar-refractivity contribution in [2.24, 2.45) is 0 Å². The van der Waals surface area contributed by atoms with Gasteiger partial charge in [-0.15, -0.1) is 0 Å². The van der Waals surface area contributed by atoms with E-state index in [2.05, 4.69) is 40.5 Å². The molecule has 1 aromatic heterocycles. The van der Waals surface area contributed by atoms with E-state index in [9.17, 15) is 0 Å². The highest BCUT2D eigenvalue weighted by molar-refractivity contribution is 5.02. The molecular weight excluding hydrogens is 248 g/mol. The van der Waals surface area contributed by atoms with Crippen LogP contribution in [-0.4, -0.2) is 39.1 Å². The van der Waals surface area contributed by atoms with Crippen molar-refractivity contribution in [2.75, 3.05) is 6.54 Å². The number of aromatic nitrogens is 2. The Bertz CT molecular complexity index is 427. The van der Waals surface area contributed by atoms with Gasteiger partial charge < -0.3 is 9.88 Å². The molecule has 3 rings (SSSR count). The van der Waals surface area contributed by atoms with Crippen LogP contribution < -0.4 is 5.32 Å². The molecule has 4 nitrogen and oxygen atoms in total. The predicted molar refractivity (Wildman–Crippen MR) is 81.7 cm³/mol. The van der Waals surface area contributed by atoms with Gasteiger partial charge in [0.2, 0.25) is 0 Å². The molecule has 2 aliphatic rings. The maximum absolute atomic E-state index is 4.34. The molecule has 0 amide bonds. The Balaban J connectivity index is 1.69. The number of hydrogen-bond donors (Lipinski definition) is 1. The van der Waals surface area contributed by atoms with Crippen LogP contribution in [-0.2, 0) is 6.54 Å². The summed E-state index contributed by atoms with van der Waals surface area (Å²) in [5, 5.41) is 3.74. The summed E-state index contributed by atoms with van der Waals surface area (Å²) >= 11 is 0. The monoisotopic (exact) mass is 276 g/mol. The molecular formula is C16H28N4. The Hall–Kier alpha value is -0.870. The largest absolute Gasteiger partial charge is 0.331 e. The normalized spacial score (nSPS) is 29.6. The summed E-state index contributed by atoms with van der Waals surface area (Å²) in [7, 11) is 0. The zero-order chi connectivity index (χ0) is 14.1. The van der Waals surface area contributed by atoms with Gasteiger partial charge in [-0.3, -0.25) is 4.90 Å². The molecule has 112 valence electrons. The lowest BCUT2D eigenvalue weighted by atomic mass is 9.98. The van der Waals surface area contributed by atoms with Crippen molar-refractivity contribution in [1.29, 1.82) is 0 Å². The van der Waals surface area contributed by atoms with Gasteiger partial charge in [0.05, 0.1) is 12.0 Å². The van der Waals surface area contributed by atoms with Crippen LogP contribution in [0.15, 0.2) is 12.5 Å². The molecule has 2 fully saturated rings. The summed E-state index contributed by atoms with van der Waals surface area (Å²) in [6, 6.07) is 2.77. The highest BCUT2D eigenvalue weighted by atomic mass is 15.2. The fourth-order valence-electron chi connectivity index (χ4n) is 3.95. The Labute approximate surface area is 122 Å². The summed E-state index contributed by atoms with van der Waals surface area (Å²) in [4.78, 5) is 7.00. The molecule has 0 spiro atoms. The third-order valence-corrected chi connectivity index (χ3v) is 5.04. The average Bonchev–Trinajstić information content (AvgIpc) is 3.02. The van der Waals surface area contributed by atoms with Gasteiger partial charge in [-0.1, -0.05) is 6.92 Å². The van der Waals surface area contributed by atoms with Crippen molar-refractivity contribution >= 4 is 0 Å². The zero-order valence-corrected chi connectivity index (χ0v) is 13.0. The van der Waals surface area contributed by atoms with E-state index in [-0.39, 0.29) is 0 Å². The van der Waals surface area contributed by atoms with Gasteiger partial charge in [0, 0.05) is 36.9 Å². The Morgan fingerprint density at radius 3 is 2.65 bits per heavy atom. The number of nitrogens with one attached hydrogen (secondary N) is 1. The van der Waals surface area contributed by atoms with Crippen molar-refractivity contribution in [3.8, 4) is 0 Å². The van der Waals surface area contributed by atoms with Crippen LogP contribution in [0.2, 0.25) is 0 Å². The lowest BCUT2D eigenvalue weighted by molar-refractivity contribution is 0.137. The van der Waals surface area contributed by atoms with Gasteiger partial charge in [0.25, 0.3) is 0 Å². The van der Waals surface area contributed by atoms with Crippen molar-refractivity contribution in [1.82, 2.24) is 19.8 Å². The number of nitrogens with zero attached hydrogens (tertiary/aromatic N) is 3. The molecule has 2 bridgehead atoms. The molecule has 2 atom stereocenters. The standard InChI is InChI=1S/C16H28N4/c1-4-19(10-16-9-17-11-20(16)12(2)3)15-7-13-5-6-14(8-15)18-13/h9,11-15,18H,4-8,10H2,1-3H3. The van der Waals surface area contributed by atoms with Crippen LogP contribution >= 0.6 is 0 Å². The summed E-state index contributed by atoms with van der Waals surface area (Å²) < 4.78 is 2.30. The van der Waals surface area contributed by atoms with Gasteiger partial charge >= 0.3 is 0 Å². The topological polar surface area (TPSA) is 33.1 Å². The van der Waals surface area contributed by atoms with Crippen molar-refractivity contribution in [3.05, 3.63) is 18.2 Å². The molecule has 4 heteroatoms. The van der Waals surface area contributed by atoms with E-state index >= 15 is 0 Å². The molecule has 0 saturated carbocycles. The molecule has 20 heavy (non-hydrogen) atoms. The summed E-state index contributed by atoms with van der Waals surface area (Å²) in [5.74, 6) is 0. The molecule has 1 N–H and O–H groups in total. The highest BCUT2D eigenvalue weighted by Crippen LogP contribution is 2.30. The van der Waals surface area contributed by atoms with E-state index in [1.807, 2.05) is 12.5 Å². The van der Waals surface area contributed by atoms with Crippen LogP contribution in [0.3, 0.4) is 0 Å². The van der Waals surface area contributed by atoms with Crippen molar-refractivity contribution in [3.63, 3.8) is 0 Å². The first-order chi connectivity index (χ1) is 9.67. The fraction of sp³-hybridized carbons (Fsp3) is 0.812. The number of piperidine rings is 1. The van der Waals surface area contributed by atoms with Gasteiger partial charge in [0.15, 0.2) is 0 Å². The molecule has 0 radical (unpaired) electrons. The third kappa shape index (κ3) is 2.77. The number of hydrogen-bond acceptors (Lipinski definition) is 3. The van der Waals surface area contributed by atoms with Crippen molar-refractivity contribution in [2.45, 2.75) is 77.2 Å². The van der Waals surface area contributed by atoms with E-state index < -0.39 is 0 Å². The van der Waals surface area contributed by atoms with Gasteiger partial charge in [-0.05, 0) is 46.1 Å². The summed E-state index contributed by atoms with van der Waals surface area (Å²) in [5.41, 5.74) is 1.35. The maximum atomic E-state index is 4.34. The van der Waals surface area contributed by atoms with Gasteiger partial charge in [-0.25, -0.2) is 4.98 Å². The van der Waals surface area contributed by atoms with Crippen LogP contribution in [0.5, 0.6) is 0 Å². The van der Waals surface area contributed by atoms with E-state index in [4.69, 9.17) is 0 Å². The smallest absolute Gasteiger partial charge is 0.0951 e. The van der Waals surface area contributed by atoms with Crippen LogP contribution in [0, 0.1) is 0 Å². The van der Waals surface area contributed by atoms with Crippen LogP contribution in [0.1, 0.15) is 58.2 Å². The first-order valence-corrected chi connectivity index (χ1v) is 8.18. The minimum Gasteiger partial charge on any atom is -0.331 e. The first kappa shape index (κ1) is 14.1. The first-order valence-electron chi connectivity index (χ1n) is 8.18. The van der Waals surface area contributed by atoms with E-state index in [1.165, 1.54) is 31.4 Å². The lowest BCUT2D eigenvalue weighted by Crippen LogP contribution is -2.48. The molecule has 0 aromatic carbocycles. The molecule has 0 aliphatic carbocycles. The predicted octanol–water partition coefficient (Wildman–Crippen LogP) is 2.57. The second-order valence-corrected chi connectivity index (χ2v) is 6.71. The van der Waals surface area contributed by atoms with Crippen LogP contribution in [0.4, 0.5) is 0 Å². The van der Waals surface area contributed by atoms with Gasteiger partial charge in [-0.2, -0.15) is 0 Å². The second-order valence-electron chi connectivity index (χ2n) is 6.71. The third-order valence-electron chi connectivity index (χ3n) is 5.04. The molecule has 3 heterocycles. The van der Waals surface area contributed by atoms with Gasteiger partial charge in [0.1, 0.15) is 0 Å². The van der Waals surface area contributed by atoms with E-state index in [0.29, 0.717) is 6.04 Å². The average molecular weight is 276 g/mol. The number of rotatable bonds is 5. The molecule has 2 aliphatic heterocycles. The Morgan fingerprint density at radius 1 is 1.35 bits per heavy atom. The minimum absolute atomic E-state index is 0.496. The minimum atomic E-state index is 0.496. The Kier molecular flexibility index (Phi) is 4.13. The summed E-state index contributed by atoms with van der Waals surface area (Å²) in [6.07, 6.45) is 9.41. The summed E-state index contributed by atoms with van der Waals surface area (Å²) in [6.45, 7) is 8.92. The lowest BCUT2D eigenvalue weighted by Gasteiger charge is -2.37. The highest BCUT2D eigenvalue weighted by Gasteiger charge is 2.35. The van der Waals surface area contributed by atoms with E-state index in [0.717, 1.165) is 31.2 Å². The maximum Gasteiger partial charge on any atom is 0.0951 e. The van der Waals surface area contributed by atoms with Crippen molar-refractivity contribution < 1.29 is 0 Å². The molecule has 2 saturated heterocycles. The fourth-order valence-corrected chi connectivity index (χ4v) is 3.95. The quantitative estimate of drug-likeness (QED) is 0.897.